The summed E-state index contributed by atoms with van der Waals surface area (Å²) in [4.78, 5) is 37.8. The van der Waals surface area contributed by atoms with Crippen molar-refractivity contribution >= 4 is 39.4 Å². The van der Waals surface area contributed by atoms with Crippen molar-refractivity contribution in [3.63, 3.8) is 0 Å². The zero-order valence-corrected chi connectivity index (χ0v) is 25.2. The number of ether oxygens (including phenoxy) is 1. The third-order valence-corrected chi connectivity index (χ3v) is 12.3. The molecular weight excluding hydrogens is 556 g/mol. The highest BCUT2D eigenvalue weighted by molar-refractivity contribution is 7.99. The molecule has 3 fully saturated rings. The van der Waals surface area contributed by atoms with E-state index in [4.69, 9.17) is 9.29 Å². The van der Waals surface area contributed by atoms with E-state index in [0.29, 0.717) is 30.8 Å². The molecule has 0 spiro atoms. The average Bonchev–Trinajstić information content (AvgIpc) is 3.13. The van der Waals surface area contributed by atoms with Crippen LogP contribution in [0.1, 0.15) is 72.1 Å². The van der Waals surface area contributed by atoms with E-state index in [-0.39, 0.29) is 48.6 Å². The number of rotatable bonds is 11. The van der Waals surface area contributed by atoms with E-state index in [1.807, 2.05) is 13.8 Å². The minimum Gasteiger partial charge on any atom is -0.458 e. The van der Waals surface area contributed by atoms with Crippen molar-refractivity contribution < 1.29 is 42.3 Å². The number of esters is 1. The molecule has 0 amide bonds. The third kappa shape index (κ3) is 5.73. The summed E-state index contributed by atoms with van der Waals surface area (Å²) in [6.45, 7) is 5.45. The highest BCUT2D eigenvalue weighted by Gasteiger charge is 2.68. The van der Waals surface area contributed by atoms with Crippen LogP contribution >= 0.6 is 11.8 Å². The molecule has 3 saturated carbocycles. The number of carbonyl (C=O) groups excluding carboxylic acids is 3. The second-order valence-corrected chi connectivity index (χ2v) is 15.3. The number of carbonyl (C=O) groups is 3. The third-order valence-electron chi connectivity index (χ3n) is 10.4. The molecule has 0 radical (unpaired) electrons. The zero-order chi connectivity index (χ0) is 29.5. The number of fused-ring (bicyclic) bond motifs is 5. The van der Waals surface area contributed by atoms with Gasteiger partial charge in [-0.1, -0.05) is 25.0 Å². The van der Waals surface area contributed by atoms with Gasteiger partial charge in [-0.25, -0.2) is 0 Å². The van der Waals surface area contributed by atoms with E-state index in [1.54, 1.807) is 12.2 Å². The van der Waals surface area contributed by atoms with Gasteiger partial charge in [0.2, 0.25) is 5.78 Å². The number of unbranched alkanes of at least 4 members (excludes halogenated alkanes) is 1. The Morgan fingerprint density at radius 3 is 2.58 bits per heavy atom. The van der Waals surface area contributed by atoms with Crippen LogP contribution in [0, 0.1) is 28.6 Å². The Bertz CT molecular complexity index is 1210. The lowest BCUT2D eigenvalue weighted by molar-refractivity contribution is -0.181. The number of ketones is 2. The Morgan fingerprint density at radius 2 is 1.88 bits per heavy atom. The quantitative estimate of drug-likeness (QED) is 0.183. The van der Waals surface area contributed by atoms with Crippen molar-refractivity contribution in [2.75, 3.05) is 23.9 Å². The van der Waals surface area contributed by atoms with Gasteiger partial charge in [-0.15, -0.1) is 0 Å². The van der Waals surface area contributed by atoms with Crippen LogP contribution in [0.25, 0.3) is 0 Å². The van der Waals surface area contributed by atoms with Gasteiger partial charge in [0.1, 0.15) is 5.60 Å². The first-order valence-corrected chi connectivity index (χ1v) is 17.0. The van der Waals surface area contributed by atoms with Gasteiger partial charge in [-0.2, -0.15) is 20.2 Å². The van der Waals surface area contributed by atoms with E-state index >= 15 is 0 Å². The summed E-state index contributed by atoms with van der Waals surface area (Å²) in [6.07, 6.45) is 6.33. The summed E-state index contributed by atoms with van der Waals surface area (Å²) in [5, 5.41) is 23.3. The van der Waals surface area contributed by atoms with Crippen molar-refractivity contribution in [2.24, 2.45) is 28.6 Å². The minimum absolute atomic E-state index is 0.0109. The fourth-order valence-electron chi connectivity index (χ4n) is 8.23. The molecule has 4 aliphatic rings. The Kier molecular flexibility index (Phi) is 9.13. The molecular formula is C29H42O9S2. The van der Waals surface area contributed by atoms with Gasteiger partial charge in [0.05, 0.1) is 18.3 Å². The number of hydrogen-bond donors (Lipinski definition) is 3. The number of allylic oxidation sites excluding steroid dienone is 4. The largest absolute Gasteiger partial charge is 0.458 e. The maximum absolute atomic E-state index is 13.4. The molecule has 40 heavy (non-hydrogen) atoms. The summed E-state index contributed by atoms with van der Waals surface area (Å²) in [5.74, 6) is -0.276. The predicted molar refractivity (Wildman–Crippen MR) is 151 cm³/mol. The Morgan fingerprint density at radius 1 is 1.15 bits per heavy atom. The number of aliphatic hydroxyl groups is 2. The molecule has 3 N–H and O–H groups in total. The number of aliphatic hydroxyl groups excluding tert-OH is 1. The molecule has 9 nitrogen and oxygen atoms in total. The summed E-state index contributed by atoms with van der Waals surface area (Å²) < 4.78 is 35.4. The van der Waals surface area contributed by atoms with Crippen molar-refractivity contribution in [3.8, 4) is 0 Å². The number of hydrogen-bond acceptors (Lipinski definition) is 9. The molecule has 11 heteroatoms. The highest BCUT2D eigenvalue weighted by Crippen LogP contribution is 2.68. The molecule has 0 saturated heterocycles. The molecule has 4 aliphatic carbocycles. The van der Waals surface area contributed by atoms with Crippen molar-refractivity contribution in [3.05, 3.63) is 23.3 Å². The van der Waals surface area contributed by atoms with Crippen LogP contribution in [-0.2, 0) is 29.2 Å². The summed E-state index contributed by atoms with van der Waals surface area (Å²) in [7, 11) is -3.96. The molecule has 0 bridgehead atoms. The monoisotopic (exact) mass is 598 g/mol. The van der Waals surface area contributed by atoms with E-state index < -0.39 is 51.0 Å². The van der Waals surface area contributed by atoms with Gasteiger partial charge in [0, 0.05) is 22.5 Å². The molecule has 0 aromatic heterocycles. The zero-order valence-electron chi connectivity index (χ0n) is 23.6. The van der Waals surface area contributed by atoms with Crippen molar-refractivity contribution in [2.45, 2.75) is 83.8 Å². The second-order valence-electron chi connectivity index (χ2n) is 12.5. The van der Waals surface area contributed by atoms with Crippen LogP contribution in [0.2, 0.25) is 0 Å². The molecule has 0 aromatic carbocycles. The van der Waals surface area contributed by atoms with Crippen LogP contribution in [0.15, 0.2) is 23.3 Å². The fourth-order valence-corrected chi connectivity index (χ4v) is 9.72. The average molecular weight is 599 g/mol. The summed E-state index contributed by atoms with van der Waals surface area (Å²) in [6, 6.07) is 0. The topological polar surface area (TPSA) is 155 Å². The van der Waals surface area contributed by atoms with Gasteiger partial charge < -0.3 is 14.9 Å². The van der Waals surface area contributed by atoms with Gasteiger partial charge >= 0.3 is 5.97 Å². The van der Waals surface area contributed by atoms with Crippen LogP contribution in [0.3, 0.4) is 0 Å². The van der Waals surface area contributed by atoms with E-state index in [9.17, 15) is 33.0 Å². The van der Waals surface area contributed by atoms with E-state index in [0.717, 1.165) is 24.0 Å². The Hall–Kier alpha value is -1.53. The maximum Gasteiger partial charge on any atom is 0.307 e. The van der Waals surface area contributed by atoms with Crippen LogP contribution in [-0.4, -0.2) is 76.3 Å². The summed E-state index contributed by atoms with van der Waals surface area (Å²) in [5.41, 5.74) is -0.953. The van der Waals surface area contributed by atoms with E-state index in [2.05, 4.69) is 6.92 Å². The van der Waals surface area contributed by atoms with Crippen molar-refractivity contribution in [1.29, 1.82) is 0 Å². The normalized spacial score (nSPS) is 37.1. The minimum atomic E-state index is -3.96. The first-order chi connectivity index (χ1) is 18.6. The first-order valence-electron chi connectivity index (χ1n) is 14.2. The van der Waals surface area contributed by atoms with Gasteiger partial charge in [0.25, 0.3) is 10.1 Å². The lowest BCUT2D eigenvalue weighted by Crippen LogP contribution is -2.62. The Balaban J connectivity index is 1.34. The van der Waals surface area contributed by atoms with Gasteiger partial charge in [0.15, 0.2) is 12.4 Å². The molecule has 4 rings (SSSR count). The number of Topliss-reactive ketones (excluding diaryl/α,β-unsaturated/α-hetero) is 1. The molecule has 0 heterocycles. The summed E-state index contributed by atoms with van der Waals surface area (Å²) >= 11 is 1.46. The van der Waals surface area contributed by atoms with Crippen LogP contribution in [0.5, 0.6) is 0 Å². The lowest BCUT2D eigenvalue weighted by atomic mass is 9.45. The van der Waals surface area contributed by atoms with Crippen molar-refractivity contribution in [1.82, 2.24) is 0 Å². The Labute approximate surface area is 240 Å². The van der Waals surface area contributed by atoms with Crippen LogP contribution < -0.4 is 0 Å². The lowest BCUT2D eigenvalue weighted by Gasteiger charge is -2.60. The van der Waals surface area contributed by atoms with Gasteiger partial charge in [-0.3, -0.25) is 18.9 Å². The second kappa shape index (κ2) is 11.6. The smallest absolute Gasteiger partial charge is 0.307 e. The molecule has 0 aliphatic heterocycles. The fraction of sp³-hybridized carbons (Fsp3) is 0.759. The van der Waals surface area contributed by atoms with E-state index in [1.165, 1.54) is 11.8 Å². The first kappa shape index (κ1) is 31.4. The standard InChI is InChI=1S/C29H42O9S2/c1-18-14-20(30)15-19-6-7-21-22-8-10-29(34,27(22,2)16-23(31)26(21)28(18,19)3)24(32)17-38-25(33)9-12-39-11-4-5-13-40(35,36)37/h14-15,21-23,26,31,34H,4-13,16-17H2,1-3H3,(H,35,36,37)/t21-,22-,23?,26+,27-,28-,29-/m0/s1. The molecule has 0 aromatic rings. The van der Waals surface area contributed by atoms with Gasteiger partial charge in [-0.05, 0) is 81.6 Å². The molecule has 1 unspecified atom stereocenters. The molecule has 7 atom stereocenters. The van der Waals surface area contributed by atoms with Crippen LogP contribution in [0.4, 0.5) is 0 Å². The number of thioether (sulfide) groups is 1. The highest BCUT2D eigenvalue weighted by atomic mass is 32.2. The predicted octanol–water partition coefficient (Wildman–Crippen LogP) is 3.29. The SMILES string of the molecule is CC1=CC(=O)C=C2CC[C@@H]3[C@H](C(O)C[C@@]4(C)[C@H]3CC[C@]4(O)C(=O)COC(=O)CCSCCCCS(=O)(=O)O)[C@@]12C. The molecule has 224 valence electrons. The maximum atomic E-state index is 13.4.